The van der Waals surface area contributed by atoms with Gasteiger partial charge in [0.1, 0.15) is 23.0 Å². The van der Waals surface area contributed by atoms with E-state index in [4.69, 9.17) is 10.7 Å². The Balaban J connectivity index is 1.43. The molecule has 2 aliphatic rings. The van der Waals surface area contributed by atoms with Gasteiger partial charge in [0.25, 0.3) is 0 Å². The molecule has 2 saturated heterocycles. The molecule has 0 saturated carbocycles. The maximum absolute atomic E-state index is 15.4. The van der Waals surface area contributed by atoms with Gasteiger partial charge in [0, 0.05) is 43.0 Å². The van der Waals surface area contributed by atoms with Crippen molar-refractivity contribution in [3.8, 4) is 16.9 Å². The van der Waals surface area contributed by atoms with E-state index in [-0.39, 0.29) is 5.82 Å². The van der Waals surface area contributed by atoms with Crippen LogP contribution in [0.5, 0.6) is 0 Å². The zero-order valence-corrected chi connectivity index (χ0v) is 17.8. The number of hydrogen-bond acceptors (Lipinski definition) is 6. The standard InChI is InChI=1S/C24H24FN7/c1-14-29-21-6-5-20(15-8-9-28-23(26)10-15)30-24(21)31(14)16-4-7-22(19(25)11-16)32-17-2-3-18(32)13-27-12-17/h4-11,17-18,27H,2-3,12-13H2,1H3,(H2,26,28). The average molecular weight is 430 g/mol. The first-order chi connectivity index (χ1) is 15.6. The fourth-order valence-corrected chi connectivity index (χ4v) is 5.16. The molecule has 0 amide bonds. The summed E-state index contributed by atoms with van der Waals surface area (Å²) in [5.74, 6) is 0.988. The second-order valence-corrected chi connectivity index (χ2v) is 8.59. The third-order valence-corrected chi connectivity index (χ3v) is 6.60. The maximum atomic E-state index is 15.4. The number of halogens is 1. The van der Waals surface area contributed by atoms with Gasteiger partial charge in [-0.15, -0.1) is 0 Å². The summed E-state index contributed by atoms with van der Waals surface area (Å²) in [6.07, 6.45) is 3.88. The molecule has 7 nitrogen and oxygen atoms in total. The van der Waals surface area contributed by atoms with Crippen molar-refractivity contribution >= 4 is 22.7 Å². The number of nitrogens with two attached hydrogens (primary N) is 1. The minimum Gasteiger partial charge on any atom is -0.384 e. The van der Waals surface area contributed by atoms with E-state index in [9.17, 15) is 0 Å². The Bertz CT molecular complexity index is 1320. The number of piperazine rings is 1. The average Bonchev–Trinajstić information content (AvgIpc) is 3.23. The van der Waals surface area contributed by atoms with E-state index in [1.165, 1.54) is 0 Å². The molecule has 1 aromatic carbocycles. The summed E-state index contributed by atoms with van der Waals surface area (Å²) in [7, 11) is 0. The van der Waals surface area contributed by atoms with E-state index in [1.807, 2.05) is 41.8 Å². The summed E-state index contributed by atoms with van der Waals surface area (Å²) in [5.41, 5.74) is 10.3. The molecule has 0 aliphatic carbocycles. The van der Waals surface area contributed by atoms with Gasteiger partial charge in [-0.3, -0.25) is 4.57 Å². The molecular formula is C24H24FN7. The second-order valence-electron chi connectivity index (χ2n) is 8.59. The first-order valence-corrected chi connectivity index (χ1v) is 11.0. The van der Waals surface area contributed by atoms with E-state index < -0.39 is 0 Å². The molecule has 8 heteroatoms. The van der Waals surface area contributed by atoms with Crippen LogP contribution >= 0.6 is 0 Å². The Morgan fingerprint density at radius 3 is 2.59 bits per heavy atom. The Hall–Kier alpha value is -3.52. The molecule has 2 aliphatic heterocycles. The van der Waals surface area contributed by atoms with Crippen LogP contribution in [0.4, 0.5) is 15.9 Å². The number of anilines is 2. The third kappa shape index (κ3) is 3.02. The number of benzene rings is 1. The third-order valence-electron chi connectivity index (χ3n) is 6.60. The number of rotatable bonds is 3. The van der Waals surface area contributed by atoms with Crippen LogP contribution in [0.1, 0.15) is 18.7 Å². The summed E-state index contributed by atoms with van der Waals surface area (Å²) in [4.78, 5) is 15.8. The molecule has 4 aromatic rings. The molecule has 162 valence electrons. The molecule has 32 heavy (non-hydrogen) atoms. The summed E-state index contributed by atoms with van der Waals surface area (Å²) in [5, 5.41) is 3.45. The van der Waals surface area contributed by atoms with Gasteiger partial charge in [-0.05, 0) is 56.2 Å². The van der Waals surface area contributed by atoms with Gasteiger partial charge < -0.3 is 16.0 Å². The quantitative estimate of drug-likeness (QED) is 0.519. The highest BCUT2D eigenvalue weighted by Gasteiger charge is 2.37. The lowest BCUT2D eigenvalue weighted by atomic mass is 10.1. The second kappa shape index (κ2) is 7.27. The molecule has 0 radical (unpaired) electrons. The number of aromatic nitrogens is 4. The van der Waals surface area contributed by atoms with E-state index in [0.29, 0.717) is 34.9 Å². The molecule has 2 bridgehead atoms. The number of nitrogen functional groups attached to an aromatic ring is 1. The molecule has 2 atom stereocenters. The van der Waals surface area contributed by atoms with Crippen LogP contribution in [-0.2, 0) is 0 Å². The van der Waals surface area contributed by atoms with Gasteiger partial charge in [-0.25, -0.2) is 19.3 Å². The zero-order chi connectivity index (χ0) is 21.8. The van der Waals surface area contributed by atoms with Crippen molar-refractivity contribution in [1.82, 2.24) is 24.8 Å². The van der Waals surface area contributed by atoms with Gasteiger partial charge in [0.15, 0.2) is 5.65 Å². The number of hydrogen-bond donors (Lipinski definition) is 2. The maximum Gasteiger partial charge on any atom is 0.165 e. The number of imidazole rings is 1. The van der Waals surface area contributed by atoms with Gasteiger partial charge in [0.2, 0.25) is 0 Å². The molecule has 3 aromatic heterocycles. The zero-order valence-electron chi connectivity index (χ0n) is 17.8. The van der Waals surface area contributed by atoms with Crippen LogP contribution in [0.2, 0.25) is 0 Å². The lowest BCUT2D eigenvalue weighted by Gasteiger charge is -2.37. The predicted molar refractivity (Wildman–Crippen MR) is 123 cm³/mol. The molecule has 2 unspecified atom stereocenters. The summed E-state index contributed by atoms with van der Waals surface area (Å²) >= 11 is 0. The van der Waals surface area contributed by atoms with Crippen molar-refractivity contribution in [3.05, 3.63) is 60.3 Å². The van der Waals surface area contributed by atoms with Crippen molar-refractivity contribution in [1.29, 1.82) is 0 Å². The van der Waals surface area contributed by atoms with Gasteiger partial charge in [-0.1, -0.05) is 0 Å². The van der Waals surface area contributed by atoms with Crippen LogP contribution in [0.3, 0.4) is 0 Å². The van der Waals surface area contributed by atoms with Crippen LogP contribution in [0.25, 0.3) is 28.1 Å². The monoisotopic (exact) mass is 429 g/mol. The van der Waals surface area contributed by atoms with Crippen LogP contribution in [-0.4, -0.2) is 44.7 Å². The van der Waals surface area contributed by atoms with Crippen LogP contribution in [0, 0.1) is 12.7 Å². The molecule has 5 heterocycles. The topological polar surface area (TPSA) is 84.9 Å². The molecule has 3 N–H and O–H groups in total. The predicted octanol–water partition coefficient (Wildman–Crippen LogP) is 3.45. The fourth-order valence-electron chi connectivity index (χ4n) is 5.16. The van der Waals surface area contributed by atoms with Gasteiger partial charge in [0.05, 0.1) is 17.1 Å². The largest absolute Gasteiger partial charge is 0.384 e. The summed E-state index contributed by atoms with van der Waals surface area (Å²) in [6.45, 7) is 3.73. The first-order valence-electron chi connectivity index (χ1n) is 11.0. The number of aryl methyl sites for hydroxylation is 1. The van der Waals surface area contributed by atoms with Crippen molar-refractivity contribution in [2.45, 2.75) is 31.8 Å². The number of nitrogens with one attached hydrogen (secondary N) is 1. The minimum absolute atomic E-state index is 0.208. The lowest BCUT2D eigenvalue weighted by Crippen LogP contribution is -2.52. The van der Waals surface area contributed by atoms with Gasteiger partial charge >= 0.3 is 0 Å². The van der Waals surface area contributed by atoms with E-state index in [0.717, 1.165) is 48.5 Å². The van der Waals surface area contributed by atoms with Crippen LogP contribution < -0.4 is 16.0 Å². The normalized spacial score (nSPS) is 20.2. The van der Waals surface area contributed by atoms with E-state index in [1.54, 1.807) is 18.3 Å². The SMILES string of the molecule is Cc1nc2ccc(-c3ccnc(N)c3)nc2n1-c1ccc(N2C3CCC2CNC3)c(F)c1. The van der Waals surface area contributed by atoms with Crippen molar-refractivity contribution in [3.63, 3.8) is 0 Å². The van der Waals surface area contributed by atoms with Gasteiger partial charge in [-0.2, -0.15) is 0 Å². The van der Waals surface area contributed by atoms with Crippen LogP contribution in [0.15, 0.2) is 48.7 Å². The highest BCUT2D eigenvalue weighted by molar-refractivity contribution is 5.78. The smallest absolute Gasteiger partial charge is 0.165 e. The Morgan fingerprint density at radius 2 is 1.84 bits per heavy atom. The highest BCUT2D eigenvalue weighted by atomic mass is 19.1. The van der Waals surface area contributed by atoms with Crippen molar-refractivity contribution in [2.75, 3.05) is 23.7 Å². The number of pyridine rings is 2. The summed E-state index contributed by atoms with van der Waals surface area (Å²) < 4.78 is 17.3. The number of fused-ring (bicyclic) bond motifs is 3. The Labute approximate surface area is 185 Å². The summed E-state index contributed by atoms with van der Waals surface area (Å²) in [6, 6.07) is 13.7. The fraction of sp³-hybridized carbons (Fsp3) is 0.292. The van der Waals surface area contributed by atoms with Crippen molar-refractivity contribution < 1.29 is 4.39 Å². The minimum atomic E-state index is -0.208. The first kappa shape index (κ1) is 19.2. The molecule has 6 rings (SSSR count). The van der Waals surface area contributed by atoms with E-state index >= 15 is 4.39 Å². The Kier molecular flexibility index (Phi) is 4.36. The molecule has 2 fully saturated rings. The Morgan fingerprint density at radius 1 is 1.03 bits per heavy atom. The lowest BCUT2D eigenvalue weighted by molar-refractivity contribution is 0.475. The van der Waals surface area contributed by atoms with Crippen molar-refractivity contribution in [2.24, 2.45) is 0 Å². The molecular weight excluding hydrogens is 405 g/mol. The van der Waals surface area contributed by atoms with E-state index in [2.05, 4.69) is 20.2 Å². The highest BCUT2D eigenvalue weighted by Crippen LogP contribution is 2.35. The number of nitrogens with zero attached hydrogens (tertiary/aromatic N) is 5. The molecule has 0 spiro atoms.